The molecule has 0 amide bonds. The third kappa shape index (κ3) is 6.58. The molecule has 0 aliphatic rings. The molecule has 5 heteroatoms. The minimum atomic E-state index is 0.414. The van der Waals surface area contributed by atoms with Crippen molar-refractivity contribution >= 4 is 0 Å². The lowest BCUT2D eigenvalue weighted by molar-refractivity contribution is 0.0331. The van der Waals surface area contributed by atoms with E-state index in [1.165, 1.54) is 0 Å². The summed E-state index contributed by atoms with van der Waals surface area (Å²) in [6.45, 7) is 4.59. The molecule has 1 heterocycles. The Morgan fingerprint density at radius 3 is 1.90 bits per heavy atom. The van der Waals surface area contributed by atoms with Gasteiger partial charge in [-0.05, 0) is 23.6 Å². The maximum absolute atomic E-state index is 5.96. The SMILES string of the molecule is CCc1cc(COCCOCc2ccccc2)c(OC)nc1OCc1ccccc1. The minimum Gasteiger partial charge on any atom is -0.481 e. The number of pyridine rings is 1. The number of methoxy groups -OCH3 is 1. The third-order valence-corrected chi connectivity index (χ3v) is 4.63. The lowest BCUT2D eigenvalue weighted by atomic mass is 10.1. The Labute approximate surface area is 178 Å². The topological polar surface area (TPSA) is 49.8 Å². The Morgan fingerprint density at radius 1 is 0.700 bits per heavy atom. The highest BCUT2D eigenvalue weighted by Gasteiger charge is 2.13. The van der Waals surface area contributed by atoms with Crippen LogP contribution in [0.2, 0.25) is 0 Å². The molecule has 0 saturated heterocycles. The molecule has 0 aliphatic carbocycles. The Balaban J connectivity index is 1.51. The number of rotatable bonds is 12. The molecule has 3 aromatic rings. The molecule has 0 aliphatic heterocycles. The van der Waals surface area contributed by atoms with Crippen LogP contribution in [0.3, 0.4) is 0 Å². The molecular formula is C25H29NO4. The molecule has 2 aromatic carbocycles. The third-order valence-electron chi connectivity index (χ3n) is 4.63. The number of benzene rings is 2. The summed E-state index contributed by atoms with van der Waals surface area (Å²) in [6.07, 6.45) is 0.814. The quantitative estimate of drug-likeness (QED) is 0.397. The number of aryl methyl sites for hydroxylation is 1. The predicted molar refractivity (Wildman–Crippen MR) is 117 cm³/mol. The van der Waals surface area contributed by atoms with Crippen molar-refractivity contribution in [2.45, 2.75) is 33.2 Å². The monoisotopic (exact) mass is 407 g/mol. The molecule has 5 nitrogen and oxygen atoms in total. The summed E-state index contributed by atoms with van der Waals surface area (Å²) in [5.41, 5.74) is 4.19. The molecule has 0 atom stereocenters. The molecule has 0 radical (unpaired) electrons. The van der Waals surface area contributed by atoms with Gasteiger partial charge in [0.25, 0.3) is 0 Å². The smallest absolute Gasteiger partial charge is 0.221 e. The number of ether oxygens (including phenoxy) is 4. The van der Waals surface area contributed by atoms with Crippen molar-refractivity contribution < 1.29 is 18.9 Å². The number of hydrogen-bond acceptors (Lipinski definition) is 5. The van der Waals surface area contributed by atoms with E-state index in [1.54, 1.807) is 7.11 Å². The van der Waals surface area contributed by atoms with Crippen LogP contribution in [-0.4, -0.2) is 25.3 Å². The van der Waals surface area contributed by atoms with Gasteiger partial charge in [-0.3, -0.25) is 0 Å². The zero-order valence-corrected chi connectivity index (χ0v) is 17.7. The summed E-state index contributed by atoms with van der Waals surface area (Å²) in [4.78, 5) is 4.58. The van der Waals surface area contributed by atoms with Crippen LogP contribution in [-0.2, 0) is 35.7 Å². The normalized spacial score (nSPS) is 10.7. The van der Waals surface area contributed by atoms with Crippen molar-refractivity contribution in [2.75, 3.05) is 20.3 Å². The highest BCUT2D eigenvalue weighted by Crippen LogP contribution is 2.26. The lowest BCUT2D eigenvalue weighted by Crippen LogP contribution is -2.08. The van der Waals surface area contributed by atoms with Crippen LogP contribution >= 0.6 is 0 Å². The van der Waals surface area contributed by atoms with E-state index in [9.17, 15) is 0 Å². The van der Waals surface area contributed by atoms with E-state index in [1.807, 2.05) is 60.7 Å². The van der Waals surface area contributed by atoms with E-state index in [2.05, 4.69) is 18.0 Å². The molecule has 158 valence electrons. The van der Waals surface area contributed by atoms with Crippen LogP contribution in [0.5, 0.6) is 11.8 Å². The first-order valence-corrected chi connectivity index (χ1v) is 10.2. The van der Waals surface area contributed by atoms with Crippen LogP contribution < -0.4 is 9.47 Å². The van der Waals surface area contributed by atoms with Gasteiger partial charge in [0.05, 0.1) is 33.5 Å². The minimum absolute atomic E-state index is 0.414. The van der Waals surface area contributed by atoms with E-state index in [-0.39, 0.29) is 0 Å². The van der Waals surface area contributed by atoms with E-state index in [0.29, 0.717) is 44.8 Å². The van der Waals surface area contributed by atoms with Gasteiger partial charge in [0, 0.05) is 11.1 Å². The van der Waals surface area contributed by atoms with E-state index < -0.39 is 0 Å². The van der Waals surface area contributed by atoms with Crippen molar-refractivity contribution in [1.29, 1.82) is 0 Å². The first-order valence-electron chi connectivity index (χ1n) is 10.2. The average Bonchev–Trinajstić information content (AvgIpc) is 2.81. The highest BCUT2D eigenvalue weighted by atomic mass is 16.5. The van der Waals surface area contributed by atoms with Gasteiger partial charge in [-0.15, -0.1) is 0 Å². The van der Waals surface area contributed by atoms with E-state index >= 15 is 0 Å². The van der Waals surface area contributed by atoms with Gasteiger partial charge < -0.3 is 18.9 Å². The molecule has 1 aromatic heterocycles. The maximum Gasteiger partial charge on any atom is 0.221 e. The molecule has 0 N–H and O–H groups in total. The molecule has 0 spiro atoms. The van der Waals surface area contributed by atoms with Gasteiger partial charge in [0.2, 0.25) is 11.8 Å². The van der Waals surface area contributed by atoms with Gasteiger partial charge >= 0.3 is 0 Å². The maximum atomic E-state index is 5.96. The van der Waals surface area contributed by atoms with Crippen molar-refractivity contribution in [3.8, 4) is 11.8 Å². The van der Waals surface area contributed by atoms with Gasteiger partial charge in [0.15, 0.2) is 0 Å². The summed E-state index contributed by atoms with van der Waals surface area (Å²) in [5.74, 6) is 1.13. The molecule has 0 fully saturated rings. The molecular weight excluding hydrogens is 378 g/mol. The summed E-state index contributed by atoms with van der Waals surface area (Å²) in [6, 6.07) is 22.2. The Kier molecular flexibility index (Phi) is 8.69. The first kappa shape index (κ1) is 21.8. The van der Waals surface area contributed by atoms with Crippen molar-refractivity contribution in [2.24, 2.45) is 0 Å². The summed E-state index contributed by atoms with van der Waals surface area (Å²) in [5, 5.41) is 0. The number of aromatic nitrogens is 1. The molecule has 3 rings (SSSR count). The predicted octanol–water partition coefficient (Wildman–Crippen LogP) is 4.97. The Bertz CT molecular complexity index is 884. The van der Waals surface area contributed by atoms with Crippen LogP contribution in [0, 0.1) is 0 Å². The zero-order chi connectivity index (χ0) is 21.0. The Morgan fingerprint density at radius 2 is 1.30 bits per heavy atom. The first-order chi connectivity index (χ1) is 14.8. The molecule has 30 heavy (non-hydrogen) atoms. The van der Waals surface area contributed by atoms with Gasteiger partial charge in [-0.1, -0.05) is 67.6 Å². The summed E-state index contributed by atoms with van der Waals surface area (Å²) in [7, 11) is 1.61. The second kappa shape index (κ2) is 12.0. The second-order valence-corrected chi connectivity index (χ2v) is 6.84. The largest absolute Gasteiger partial charge is 0.481 e. The van der Waals surface area contributed by atoms with Crippen molar-refractivity contribution in [3.05, 3.63) is 89.0 Å². The summed E-state index contributed by atoms with van der Waals surface area (Å²) >= 11 is 0. The second-order valence-electron chi connectivity index (χ2n) is 6.84. The van der Waals surface area contributed by atoms with Crippen LogP contribution in [0.4, 0.5) is 0 Å². The van der Waals surface area contributed by atoms with Crippen molar-refractivity contribution in [1.82, 2.24) is 4.98 Å². The lowest BCUT2D eigenvalue weighted by Gasteiger charge is -2.15. The van der Waals surface area contributed by atoms with Crippen molar-refractivity contribution in [3.63, 3.8) is 0 Å². The van der Waals surface area contributed by atoms with E-state index in [4.69, 9.17) is 18.9 Å². The zero-order valence-electron chi connectivity index (χ0n) is 17.7. The highest BCUT2D eigenvalue weighted by molar-refractivity contribution is 5.38. The number of hydrogen-bond donors (Lipinski definition) is 0. The summed E-state index contributed by atoms with van der Waals surface area (Å²) < 4.78 is 22.9. The Hall–Kier alpha value is -2.89. The van der Waals surface area contributed by atoms with Crippen LogP contribution in [0.15, 0.2) is 66.7 Å². The fourth-order valence-electron chi connectivity index (χ4n) is 3.02. The molecule has 0 bridgehead atoms. The average molecular weight is 408 g/mol. The van der Waals surface area contributed by atoms with Crippen LogP contribution in [0.1, 0.15) is 29.2 Å². The van der Waals surface area contributed by atoms with Gasteiger partial charge in [-0.2, -0.15) is 4.98 Å². The van der Waals surface area contributed by atoms with E-state index in [0.717, 1.165) is 28.7 Å². The standard InChI is InChI=1S/C25H29NO4/c1-3-22-16-23(19-29-15-14-28-17-20-10-6-4-7-11-20)24(27-2)26-25(22)30-18-21-12-8-5-9-13-21/h4-13,16H,3,14-15,17-19H2,1-2H3. The number of nitrogens with zero attached hydrogens (tertiary/aromatic N) is 1. The molecule has 0 saturated carbocycles. The fraction of sp³-hybridized carbons (Fsp3) is 0.320. The molecule has 0 unspecified atom stereocenters. The van der Waals surface area contributed by atoms with Gasteiger partial charge in [-0.25, -0.2) is 0 Å². The van der Waals surface area contributed by atoms with Gasteiger partial charge in [0.1, 0.15) is 6.61 Å². The van der Waals surface area contributed by atoms with Crippen LogP contribution in [0.25, 0.3) is 0 Å². The fourth-order valence-corrected chi connectivity index (χ4v) is 3.02.